The largest absolute Gasteiger partial charge is 0.317 e. The van der Waals surface area contributed by atoms with Gasteiger partial charge in [-0.1, -0.05) is 32.1 Å². The summed E-state index contributed by atoms with van der Waals surface area (Å²) in [5.41, 5.74) is 0.772. The number of halogens is 2. The van der Waals surface area contributed by atoms with Gasteiger partial charge in [-0.3, -0.25) is 9.59 Å². The van der Waals surface area contributed by atoms with E-state index in [9.17, 15) is 18.4 Å². The minimum Gasteiger partial charge on any atom is -0.317 e. The average Bonchev–Trinajstić information content (AvgIpc) is 2.83. The van der Waals surface area contributed by atoms with Gasteiger partial charge in [-0.25, -0.2) is 8.78 Å². The standard InChI is InChI=1S/C27H31F2NO2/c28-21-8-6-20(7-9-21)25(31)26(32)23-11-10-22(29)18-24(23)27(14-16-30-17-15-27)13-12-19-4-2-1-3-5-19/h6-11,18-19,30H,1-5,12-17H2. The monoisotopic (exact) mass is 439 g/mol. The van der Waals surface area contributed by atoms with Crippen LogP contribution in [-0.2, 0) is 5.41 Å². The maximum absolute atomic E-state index is 14.4. The number of hydrogen-bond donors (Lipinski definition) is 1. The summed E-state index contributed by atoms with van der Waals surface area (Å²) in [6.45, 7) is 1.61. The molecule has 1 aliphatic heterocycles. The summed E-state index contributed by atoms with van der Waals surface area (Å²) in [5, 5.41) is 3.38. The first-order valence-electron chi connectivity index (χ1n) is 11.8. The molecule has 5 heteroatoms. The van der Waals surface area contributed by atoms with Crippen molar-refractivity contribution >= 4 is 11.6 Å². The van der Waals surface area contributed by atoms with Crippen molar-refractivity contribution < 1.29 is 18.4 Å². The van der Waals surface area contributed by atoms with Crippen molar-refractivity contribution in [1.29, 1.82) is 0 Å². The third-order valence-corrected chi connectivity index (χ3v) is 7.43. The summed E-state index contributed by atoms with van der Waals surface area (Å²) < 4.78 is 27.7. The van der Waals surface area contributed by atoms with Crippen LogP contribution in [0.15, 0.2) is 42.5 Å². The minimum absolute atomic E-state index is 0.147. The van der Waals surface area contributed by atoms with E-state index in [4.69, 9.17) is 0 Å². The predicted octanol–water partition coefficient (Wildman–Crippen LogP) is 6.01. The molecule has 0 amide bonds. The van der Waals surface area contributed by atoms with E-state index in [1.807, 2.05) is 0 Å². The van der Waals surface area contributed by atoms with Gasteiger partial charge in [-0.2, -0.15) is 0 Å². The fourth-order valence-electron chi connectivity index (χ4n) is 5.52. The lowest BCUT2D eigenvalue weighted by molar-refractivity contribution is 0.0814. The topological polar surface area (TPSA) is 46.2 Å². The summed E-state index contributed by atoms with van der Waals surface area (Å²) in [6, 6.07) is 9.17. The first kappa shape index (κ1) is 22.8. The van der Waals surface area contributed by atoms with Gasteiger partial charge in [0.1, 0.15) is 11.6 Å². The number of nitrogens with one attached hydrogen (secondary N) is 1. The molecular formula is C27H31F2NO2. The second kappa shape index (κ2) is 10.0. The van der Waals surface area contributed by atoms with E-state index in [0.29, 0.717) is 11.5 Å². The summed E-state index contributed by atoms with van der Waals surface area (Å²) in [7, 11) is 0. The highest BCUT2D eigenvalue weighted by Crippen LogP contribution is 2.42. The van der Waals surface area contributed by atoms with E-state index >= 15 is 0 Å². The zero-order valence-corrected chi connectivity index (χ0v) is 18.5. The quantitative estimate of drug-likeness (QED) is 0.424. The van der Waals surface area contributed by atoms with Crippen LogP contribution < -0.4 is 5.32 Å². The predicted molar refractivity (Wildman–Crippen MR) is 121 cm³/mol. The summed E-state index contributed by atoms with van der Waals surface area (Å²) in [6.07, 6.45) is 9.93. The van der Waals surface area contributed by atoms with Crippen LogP contribution in [-0.4, -0.2) is 24.7 Å². The van der Waals surface area contributed by atoms with E-state index in [-0.39, 0.29) is 22.4 Å². The van der Waals surface area contributed by atoms with Crippen LogP contribution in [0.3, 0.4) is 0 Å². The van der Waals surface area contributed by atoms with Gasteiger partial charge in [-0.05, 0) is 98.1 Å². The van der Waals surface area contributed by atoms with Crippen LogP contribution in [0.2, 0.25) is 0 Å². The Kier molecular flexibility index (Phi) is 7.14. The highest BCUT2D eigenvalue weighted by Gasteiger charge is 2.38. The molecule has 32 heavy (non-hydrogen) atoms. The maximum Gasteiger partial charge on any atom is 0.233 e. The van der Waals surface area contributed by atoms with Gasteiger partial charge >= 0.3 is 0 Å². The Morgan fingerprint density at radius 2 is 1.53 bits per heavy atom. The maximum atomic E-state index is 14.4. The van der Waals surface area contributed by atoms with Crippen molar-refractivity contribution in [3.63, 3.8) is 0 Å². The van der Waals surface area contributed by atoms with Crippen molar-refractivity contribution in [2.45, 2.75) is 63.2 Å². The zero-order chi connectivity index (χ0) is 22.6. The van der Waals surface area contributed by atoms with Crippen molar-refractivity contribution in [3.8, 4) is 0 Å². The molecule has 1 saturated heterocycles. The fourth-order valence-corrected chi connectivity index (χ4v) is 5.52. The molecule has 1 heterocycles. The van der Waals surface area contributed by atoms with Crippen molar-refractivity contribution in [3.05, 3.63) is 70.8 Å². The lowest BCUT2D eigenvalue weighted by Crippen LogP contribution is -2.41. The normalized spacial score (nSPS) is 18.9. The van der Waals surface area contributed by atoms with Crippen LogP contribution in [0.4, 0.5) is 8.78 Å². The second-order valence-corrected chi connectivity index (χ2v) is 9.43. The number of carbonyl (C=O) groups excluding carboxylic acids is 2. The average molecular weight is 440 g/mol. The second-order valence-electron chi connectivity index (χ2n) is 9.43. The SMILES string of the molecule is O=C(C(=O)c1ccc(F)cc1C1(CCC2CCCCC2)CCNCC1)c1ccc(F)cc1. The Morgan fingerprint density at radius 1 is 0.875 bits per heavy atom. The highest BCUT2D eigenvalue weighted by atomic mass is 19.1. The van der Waals surface area contributed by atoms with Crippen LogP contribution >= 0.6 is 0 Å². The first-order chi connectivity index (χ1) is 15.5. The van der Waals surface area contributed by atoms with Gasteiger partial charge < -0.3 is 5.32 Å². The number of piperidine rings is 1. The molecule has 2 aromatic carbocycles. The molecule has 1 saturated carbocycles. The van der Waals surface area contributed by atoms with Gasteiger partial charge in [0.2, 0.25) is 11.6 Å². The molecule has 0 radical (unpaired) electrons. The van der Waals surface area contributed by atoms with Crippen molar-refractivity contribution in [1.82, 2.24) is 5.32 Å². The number of hydrogen-bond acceptors (Lipinski definition) is 3. The minimum atomic E-state index is -0.686. The van der Waals surface area contributed by atoms with Crippen LogP contribution in [0, 0.1) is 17.6 Å². The number of rotatable bonds is 7. The third-order valence-electron chi connectivity index (χ3n) is 7.43. The summed E-state index contributed by atoms with van der Waals surface area (Å²) >= 11 is 0. The van der Waals surface area contributed by atoms with Crippen molar-refractivity contribution in [2.24, 2.45) is 5.92 Å². The number of Topliss-reactive ketones (excluding diaryl/α,β-unsaturated/α-hetero) is 2. The number of carbonyl (C=O) groups is 2. The van der Waals surface area contributed by atoms with Gasteiger partial charge in [0.05, 0.1) is 0 Å². The lowest BCUT2D eigenvalue weighted by atomic mass is 9.66. The van der Waals surface area contributed by atoms with Gasteiger partial charge in [0.25, 0.3) is 0 Å². The molecule has 2 aliphatic rings. The smallest absolute Gasteiger partial charge is 0.233 e. The Hall–Kier alpha value is -2.40. The fraction of sp³-hybridized carbons (Fsp3) is 0.481. The van der Waals surface area contributed by atoms with Gasteiger partial charge in [0, 0.05) is 11.1 Å². The molecule has 0 aromatic heterocycles. The third kappa shape index (κ3) is 4.98. The molecule has 2 fully saturated rings. The first-order valence-corrected chi connectivity index (χ1v) is 11.8. The number of benzene rings is 2. The summed E-state index contributed by atoms with van der Waals surface area (Å²) in [5.74, 6) is -1.50. The molecule has 0 atom stereocenters. The highest BCUT2D eigenvalue weighted by molar-refractivity contribution is 6.49. The Labute approximate surface area is 188 Å². The van der Waals surface area contributed by atoms with E-state index < -0.39 is 17.4 Å². The zero-order valence-electron chi connectivity index (χ0n) is 18.5. The van der Waals surface area contributed by atoms with E-state index in [0.717, 1.165) is 38.8 Å². The summed E-state index contributed by atoms with van der Waals surface area (Å²) in [4.78, 5) is 26.2. The van der Waals surface area contributed by atoms with E-state index in [1.165, 1.54) is 74.6 Å². The molecular weight excluding hydrogens is 408 g/mol. The molecule has 3 nitrogen and oxygen atoms in total. The Morgan fingerprint density at radius 3 is 2.22 bits per heavy atom. The molecule has 0 unspecified atom stereocenters. The molecule has 4 rings (SSSR count). The van der Waals surface area contributed by atoms with Crippen LogP contribution in [0.5, 0.6) is 0 Å². The van der Waals surface area contributed by atoms with E-state index in [1.54, 1.807) is 0 Å². The van der Waals surface area contributed by atoms with Gasteiger partial charge in [0.15, 0.2) is 0 Å². The lowest BCUT2D eigenvalue weighted by Gasteiger charge is -2.40. The molecule has 170 valence electrons. The molecule has 0 spiro atoms. The van der Waals surface area contributed by atoms with Crippen LogP contribution in [0.1, 0.15) is 84.1 Å². The Balaban J connectivity index is 1.66. The molecule has 2 aromatic rings. The van der Waals surface area contributed by atoms with Crippen LogP contribution in [0.25, 0.3) is 0 Å². The van der Waals surface area contributed by atoms with Gasteiger partial charge in [-0.15, -0.1) is 0 Å². The molecule has 1 N–H and O–H groups in total. The molecule has 1 aliphatic carbocycles. The molecule has 0 bridgehead atoms. The van der Waals surface area contributed by atoms with Crippen molar-refractivity contribution in [2.75, 3.05) is 13.1 Å². The number of ketones is 2. The Bertz CT molecular complexity index is 958. The van der Waals surface area contributed by atoms with E-state index in [2.05, 4.69) is 5.32 Å².